The number of fused-ring (bicyclic) bond motifs is 6. The van der Waals surface area contributed by atoms with E-state index in [9.17, 15) is 0 Å². The van der Waals surface area contributed by atoms with Crippen molar-refractivity contribution in [3.8, 4) is 22.3 Å². The monoisotopic (exact) mass is 726 g/mol. The van der Waals surface area contributed by atoms with E-state index < -0.39 is 0 Å². The molecule has 1 aliphatic rings. The Balaban J connectivity index is 1.06. The molecule has 9 rings (SSSR count). The van der Waals surface area contributed by atoms with Crippen molar-refractivity contribution >= 4 is 55.7 Å². The molecule has 0 aromatic heterocycles. The number of benzene rings is 8. The third-order valence-electron chi connectivity index (χ3n) is 10.9. The standard InChI is InChI=1S/C54H50N2/c1-53(2,3)35-37-17-23-45(24-18-37)55(43-13-9-7-10-14-43)47-27-21-39-31-49-51(33-41(39)29-47)50-32-40-22-28-48(30-42(40)34-52(49)50)56(44-15-11-8-12-16-44)46-25-19-38(20-26-46)36-54(4,5)6/h7-34H,35-36H2,1-6H3. The highest BCUT2D eigenvalue weighted by atomic mass is 15.1. The summed E-state index contributed by atoms with van der Waals surface area (Å²) in [5.74, 6) is 0. The molecule has 0 N–H and O–H groups in total. The van der Waals surface area contributed by atoms with Crippen molar-refractivity contribution in [2.45, 2.75) is 54.4 Å². The Morgan fingerprint density at radius 3 is 0.946 bits per heavy atom. The lowest BCUT2D eigenvalue weighted by Crippen LogP contribution is -2.11. The van der Waals surface area contributed by atoms with Gasteiger partial charge in [-0.05, 0) is 176 Å². The summed E-state index contributed by atoms with van der Waals surface area (Å²) in [6, 6.07) is 63.0. The summed E-state index contributed by atoms with van der Waals surface area (Å²) in [6.45, 7) is 13.8. The van der Waals surface area contributed by atoms with Gasteiger partial charge in [-0.25, -0.2) is 0 Å². The lowest BCUT2D eigenvalue weighted by Gasteiger charge is -2.29. The first-order valence-corrected chi connectivity index (χ1v) is 20.0. The minimum absolute atomic E-state index is 0.247. The van der Waals surface area contributed by atoms with Crippen molar-refractivity contribution in [3.05, 3.63) is 181 Å². The first kappa shape index (κ1) is 35.6. The molecular weight excluding hydrogens is 677 g/mol. The van der Waals surface area contributed by atoms with E-state index in [2.05, 4.69) is 221 Å². The summed E-state index contributed by atoms with van der Waals surface area (Å²) < 4.78 is 0. The van der Waals surface area contributed by atoms with Gasteiger partial charge in [-0.2, -0.15) is 0 Å². The zero-order valence-corrected chi connectivity index (χ0v) is 33.5. The Bertz CT molecular complexity index is 2470. The van der Waals surface area contributed by atoms with Crippen molar-refractivity contribution in [3.63, 3.8) is 0 Å². The summed E-state index contributed by atoms with van der Waals surface area (Å²) in [4.78, 5) is 4.75. The topological polar surface area (TPSA) is 6.48 Å². The fraction of sp³-hybridized carbons (Fsp3) is 0.185. The maximum atomic E-state index is 2.40. The molecule has 2 nitrogen and oxygen atoms in total. The predicted octanol–water partition coefficient (Wildman–Crippen LogP) is 15.8. The normalized spacial score (nSPS) is 12.2. The lowest BCUT2D eigenvalue weighted by molar-refractivity contribution is 0.411. The molecule has 0 spiro atoms. The van der Waals surface area contributed by atoms with Gasteiger partial charge in [-0.3, -0.25) is 0 Å². The van der Waals surface area contributed by atoms with E-state index in [1.54, 1.807) is 0 Å². The number of nitrogens with zero attached hydrogens (tertiary/aromatic N) is 2. The second-order valence-electron chi connectivity index (χ2n) is 18.0. The van der Waals surface area contributed by atoms with Gasteiger partial charge in [0.2, 0.25) is 0 Å². The van der Waals surface area contributed by atoms with E-state index in [4.69, 9.17) is 0 Å². The van der Waals surface area contributed by atoms with Gasteiger partial charge in [0.25, 0.3) is 0 Å². The average Bonchev–Trinajstić information content (AvgIpc) is 3.18. The van der Waals surface area contributed by atoms with E-state index in [1.807, 2.05) is 0 Å². The van der Waals surface area contributed by atoms with Crippen LogP contribution < -0.4 is 9.80 Å². The van der Waals surface area contributed by atoms with Crippen LogP contribution in [0, 0.1) is 10.8 Å². The van der Waals surface area contributed by atoms with Crippen LogP contribution in [0.25, 0.3) is 43.8 Å². The molecule has 276 valence electrons. The van der Waals surface area contributed by atoms with Crippen molar-refractivity contribution in [2.75, 3.05) is 9.80 Å². The molecule has 0 heterocycles. The van der Waals surface area contributed by atoms with Gasteiger partial charge in [0.1, 0.15) is 0 Å². The van der Waals surface area contributed by atoms with Gasteiger partial charge in [0, 0.05) is 34.1 Å². The van der Waals surface area contributed by atoms with Gasteiger partial charge in [-0.1, -0.05) is 114 Å². The second-order valence-corrected chi connectivity index (χ2v) is 18.0. The summed E-state index contributed by atoms with van der Waals surface area (Å²) >= 11 is 0. The molecule has 0 amide bonds. The van der Waals surface area contributed by atoms with Crippen LogP contribution in [-0.2, 0) is 12.8 Å². The highest BCUT2D eigenvalue weighted by Crippen LogP contribution is 2.51. The van der Waals surface area contributed by atoms with Crippen molar-refractivity contribution in [1.29, 1.82) is 0 Å². The highest BCUT2D eigenvalue weighted by Gasteiger charge is 2.25. The van der Waals surface area contributed by atoms with Crippen LogP contribution in [0.4, 0.5) is 34.1 Å². The van der Waals surface area contributed by atoms with Crippen LogP contribution in [0.5, 0.6) is 0 Å². The van der Waals surface area contributed by atoms with Crippen LogP contribution in [0.2, 0.25) is 0 Å². The number of para-hydroxylation sites is 2. The van der Waals surface area contributed by atoms with Crippen LogP contribution in [0.15, 0.2) is 170 Å². The maximum absolute atomic E-state index is 2.40. The van der Waals surface area contributed by atoms with Crippen LogP contribution in [0.3, 0.4) is 0 Å². The minimum atomic E-state index is 0.247. The molecule has 2 heteroatoms. The van der Waals surface area contributed by atoms with Gasteiger partial charge in [0.05, 0.1) is 0 Å². The zero-order valence-electron chi connectivity index (χ0n) is 33.5. The Morgan fingerprint density at radius 1 is 0.304 bits per heavy atom. The Morgan fingerprint density at radius 2 is 0.607 bits per heavy atom. The van der Waals surface area contributed by atoms with E-state index >= 15 is 0 Å². The summed E-state index contributed by atoms with van der Waals surface area (Å²) in [5.41, 5.74) is 15.5. The number of hydrogen-bond donors (Lipinski definition) is 0. The van der Waals surface area contributed by atoms with E-state index in [0.29, 0.717) is 0 Å². The van der Waals surface area contributed by atoms with Crippen molar-refractivity contribution in [2.24, 2.45) is 10.8 Å². The van der Waals surface area contributed by atoms with Crippen LogP contribution in [0.1, 0.15) is 52.7 Å². The predicted molar refractivity (Wildman–Crippen MR) is 242 cm³/mol. The molecule has 0 unspecified atom stereocenters. The molecule has 0 aliphatic heterocycles. The fourth-order valence-corrected chi connectivity index (χ4v) is 8.48. The van der Waals surface area contributed by atoms with E-state index in [1.165, 1.54) is 54.9 Å². The summed E-state index contributed by atoms with van der Waals surface area (Å²) in [6.07, 6.45) is 2.10. The largest absolute Gasteiger partial charge is 0.310 e. The Labute approximate surface area is 332 Å². The minimum Gasteiger partial charge on any atom is -0.310 e. The molecule has 0 bridgehead atoms. The van der Waals surface area contributed by atoms with Crippen molar-refractivity contribution in [1.82, 2.24) is 0 Å². The quantitative estimate of drug-likeness (QED) is 0.154. The maximum Gasteiger partial charge on any atom is 0.0468 e. The average molecular weight is 727 g/mol. The molecule has 0 atom stereocenters. The van der Waals surface area contributed by atoms with Gasteiger partial charge >= 0.3 is 0 Å². The molecule has 0 saturated heterocycles. The molecule has 1 aliphatic carbocycles. The third-order valence-corrected chi connectivity index (χ3v) is 10.9. The van der Waals surface area contributed by atoms with E-state index in [0.717, 1.165) is 47.0 Å². The molecule has 0 fully saturated rings. The SMILES string of the molecule is CC(C)(C)Cc1ccc(N(c2ccccc2)c2ccc3cc4c(cc3c2)-c2cc3ccc(N(c5ccccc5)c5ccc(CC(C)(C)C)cc5)cc3cc2-4)cc1. The first-order valence-electron chi connectivity index (χ1n) is 20.0. The zero-order chi connectivity index (χ0) is 38.6. The van der Waals surface area contributed by atoms with Crippen molar-refractivity contribution < 1.29 is 0 Å². The molecular formula is C54H50N2. The fourth-order valence-electron chi connectivity index (χ4n) is 8.48. The summed E-state index contributed by atoms with van der Waals surface area (Å²) in [7, 11) is 0. The molecule has 56 heavy (non-hydrogen) atoms. The van der Waals surface area contributed by atoms with Gasteiger partial charge < -0.3 is 9.80 Å². The lowest BCUT2D eigenvalue weighted by atomic mass is 9.78. The Hall–Kier alpha value is -6.12. The molecule has 0 saturated carbocycles. The molecule has 8 aromatic rings. The summed E-state index contributed by atoms with van der Waals surface area (Å²) in [5, 5.41) is 5.01. The van der Waals surface area contributed by atoms with E-state index in [-0.39, 0.29) is 10.8 Å². The smallest absolute Gasteiger partial charge is 0.0468 e. The second kappa shape index (κ2) is 13.9. The van der Waals surface area contributed by atoms with Gasteiger partial charge in [-0.15, -0.1) is 0 Å². The number of anilines is 6. The van der Waals surface area contributed by atoms with Crippen LogP contribution in [-0.4, -0.2) is 0 Å². The highest BCUT2D eigenvalue weighted by molar-refractivity contribution is 6.12. The van der Waals surface area contributed by atoms with Crippen LogP contribution >= 0.6 is 0 Å². The van der Waals surface area contributed by atoms with Gasteiger partial charge in [0.15, 0.2) is 0 Å². The Kier molecular flexibility index (Phi) is 8.81. The first-order chi connectivity index (χ1) is 27.0. The molecule has 8 aromatic carbocycles. The number of rotatable bonds is 8. The number of hydrogen-bond acceptors (Lipinski definition) is 2. The third kappa shape index (κ3) is 7.08. The molecule has 0 radical (unpaired) electrons.